The van der Waals surface area contributed by atoms with E-state index in [1.165, 1.54) is 24.6 Å². The van der Waals surface area contributed by atoms with Gasteiger partial charge in [0.05, 0.1) is 19.8 Å². The molecule has 0 saturated carbocycles. The summed E-state index contributed by atoms with van der Waals surface area (Å²) in [5.74, 6) is 1.24. The highest BCUT2D eigenvalue weighted by molar-refractivity contribution is 6.04. The molecule has 3 rings (SSSR count). The molecular weight excluding hydrogens is 338 g/mol. The van der Waals surface area contributed by atoms with Crippen LogP contribution in [0.25, 0.3) is 12.2 Å². The van der Waals surface area contributed by atoms with E-state index >= 15 is 0 Å². The third kappa shape index (κ3) is 4.79. The van der Waals surface area contributed by atoms with Crippen molar-refractivity contribution in [3.05, 3.63) is 65.7 Å². The molecule has 0 amide bonds. The number of benzene rings is 2. The number of hydrogen-bond acceptors (Lipinski definition) is 4. The van der Waals surface area contributed by atoms with Crippen LogP contribution in [0.5, 0.6) is 11.5 Å². The van der Waals surface area contributed by atoms with Crippen molar-refractivity contribution < 1.29 is 14.3 Å². The van der Waals surface area contributed by atoms with Crippen LogP contribution in [0.4, 0.5) is 5.69 Å². The Morgan fingerprint density at radius 1 is 0.889 bits per heavy atom. The number of carbonyl (C=O) groups is 1. The topological polar surface area (TPSA) is 38.8 Å². The molecule has 0 bridgehead atoms. The van der Waals surface area contributed by atoms with Gasteiger partial charge in [-0.2, -0.15) is 0 Å². The maximum atomic E-state index is 12.2. The van der Waals surface area contributed by atoms with E-state index in [0.29, 0.717) is 11.5 Å². The molecular formula is C23H25NO3. The Balaban J connectivity index is 1.66. The van der Waals surface area contributed by atoms with Crippen molar-refractivity contribution in [3.63, 3.8) is 0 Å². The zero-order valence-electron chi connectivity index (χ0n) is 15.9. The Morgan fingerprint density at radius 3 is 2.07 bits per heavy atom. The smallest absolute Gasteiger partial charge is 0.178 e. The fraction of sp³-hybridized carbons (Fsp3) is 0.261. The van der Waals surface area contributed by atoms with E-state index in [0.717, 1.165) is 24.2 Å². The molecule has 0 unspecified atom stereocenters. The average Bonchev–Trinajstić information content (AvgIpc) is 3.25. The van der Waals surface area contributed by atoms with Crippen molar-refractivity contribution in [1.29, 1.82) is 0 Å². The fourth-order valence-electron chi connectivity index (χ4n) is 3.22. The first kappa shape index (κ1) is 18.8. The van der Waals surface area contributed by atoms with Gasteiger partial charge in [0.2, 0.25) is 0 Å². The summed E-state index contributed by atoms with van der Waals surface area (Å²) in [5.41, 5.74) is 3.01. The summed E-state index contributed by atoms with van der Waals surface area (Å²) in [7, 11) is 3.19. The summed E-state index contributed by atoms with van der Waals surface area (Å²) in [4.78, 5) is 14.6. The highest BCUT2D eigenvalue weighted by Crippen LogP contribution is 2.29. The predicted molar refractivity (Wildman–Crippen MR) is 111 cm³/mol. The number of allylic oxidation sites excluding steroid dienone is 2. The molecule has 1 fully saturated rings. The van der Waals surface area contributed by atoms with Gasteiger partial charge in [-0.25, -0.2) is 0 Å². The number of anilines is 1. The van der Waals surface area contributed by atoms with Gasteiger partial charge < -0.3 is 14.4 Å². The maximum absolute atomic E-state index is 12.2. The van der Waals surface area contributed by atoms with Crippen LogP contribution in [0.15, 0.2) is 54.6 Å². The van der Waals surface area contributed by atoms with E-state index in [2.05, 4.69) is 17.0 Å². The second-order valence-electron chi connectivity index (χ2n) is 6.43. The highest BCUT2D eigenvalue weighted by atomic mass is 16.5. The van der Waals surface area contributed by atoms with Crippen molar-refractivity contribution in [1.82, 2.24) is 0 Å². The van der Waals surface area contributed by atoms with Crippen LogP contribution in [0.3, 0.4) is 0 Å². The van der Waals surface area contributed by atoms with E-state index in [-0.39, 0.29) is 5.78 Å². The molecule has 1 heterocycles. The normalized spacial score (nSPS) is 14.2. The molecule has 2 aromatic rings. The summed E-state index contributed by atoms with van der Waals surface area (Å²) in [5, 5.41) is 0. The largest absolute Gasteiger partial charge is 0.496 e. The van der Waals surface area contributed by atoms with Crippen LogP contribution in [-0.4, -0.2) is 33.1 Å². The molecule has 2 aromatic carbocycles. The van der Waals surface area contributed by atoms with Crippen LogP contribution in [0.1, 0.15) is 24.0 Å². The van der Waals surface area contributed by atoms with E-state index in [1.807, 2.05) is 36.4 Å². The lowest BCUT2D eigenvalue weighted by Crippen LogP contribution is -2.17. The first-order valence-electron chi connectivity index (χ1n) is 9.17. The lowest BCUT2D eigenvalue weighted by Gasteiger charge is -2.17. The van der Waals surface area contributed by atoms with E-state index in [9.17, 15) is 4.79 Å². The molecule has 1 aliphatic heterocycles. The van der Waals surface area contributed by atoms with E-state index in [1.54, 1.807) is 26.4 Å². The number of ketones is 1. The van der Waals surface area contributed by atoms with Crippen LogP contribution < -0.4 is 14.4 Å². The quantitative estimate of drug-likeness (QED) is 0.674. The lowest BCUT2D eigenvalue weighted by molar-refractivity contribution is -0.110. The number of carbonyl (C=O) groups excluding carboxylic acids is 1. The van der Waals surface area contributed by atoms with Gasteiger partial charge in [0.15, 0.2) is 5.78 Å². The third-order valence-electron chi connectivity index (χ3n) is 4.68. The molecule has 0 N–H and O–H groups in total. The molecule has 0 spiro atoms. The summed E-state index contributed by atoms with van der Waals surface area (Å²) in [6, 6.07) is 13.8. The van der Waals surface area contributed by atoms with Gasteiger partial charge in [-0.3, -0.25) is 4.79 Å². The van der Waals surface area contributed by atoms with Crippen LogP contribution in [0, 0.1) is 0 Å². The number of methoxy groups -OCH3 is 2. The third-order valence-corrected chi connectivity index (χ3v) is 4.68. The average molecular weight is 363 g/mol. The second-order valence-corrected chi connectivity index (χ2v) is 6.43. The molecule has 4 nitrogen and oxygen atoms in total. The van der Waals surface area contributed by atoms with Crippen molar-refractivity contribution in [2.24, 2.45) is 0 Å². The monoisotopic (exact) mass is 363 g/mol. The molecule has 0 aromatic heterocycles. The molecule has 140 valence electrons. The molecule has 0 atom stereocenters. The first-order valence-corrected chi connectivity index (χ1v) is 9.17. The predicted octanol–water partition coefficient (Wildman–Crippen LogP) is 4.60. The molecule has 0 radical (unpaired) electrons. The van der Waals surface area contributed by atoms with Crippen LogP contribution in [-0.2, 0) is 4.79 Å². The maximum Gasteiger partial charge on any atom is 0.178 e. The van der Waals surface area contributed by atoms with Gasteiger partial charge in [-0.05, 0) is 60.9 Å². The SMILES string of the molecule is COc1cccc(OC)c1/C=C/C(=O)/C=C/c1ccc(N2CCCC2)cc1. The van der Waals surface area contributed by atoms with Crippen molar-refractivity contribution >= 4 is 23.6 Å². The zero-order chi connectivity index (χ0) is 19.1. The van der Waals surface area contributed by atoms with Crippen molar-refractivity contribution in [2.45, 2.75) is 12.8 Å². The van der Waals surface area contributed by atoms with E-state index in [4.69, 9.17) is 9.47 Å². The van der Waals surface area contributed by atoms with Gasteiger partial charge in [-0.1, -0.05) is 24.3 Å². The highest BCUT2D eigenvalue weighted by Gasteiger charge is 2.11. The van der Waals surface area contributed by atoms with Gasteiger partial charge >= 0.3 is 0 Å². The van der Waals surface area contributed by atoms with Crippen LogP contribution >= 0.6 is 0 Å². The Kier molecular flexibility index (Phi) is 6.31. The van der Waals surface area contributed by atoms with E-state index < -0.39 is 0 Å². The Hall–Kier alpha value is -3.01. The molecule has 1 aliphatic rings. The van der Waals surface area contributed by atoms with Crippen LogP contribution in [0.2, 0.25) is 0 Å². The first-order chi connectivity index (χ1) is 13.2. The number of ether oxygens (including phenoxy) is 2. The summed E-state index contributed by atoms with van der Waals surface area (Å²) in [6.45, 7) is 2.26. The molecule has 0 aliphatic carbocycles. The fourth-order valence-corrected chi connectivity index (χ4v) is 3.22. The number of hydrogen-bond donors (Lipinski definition) is 0. The zero-order valence-corrected chi connectivity index (χ0v) is 15.9. The minimum atomic E-state index is -0.0911. The summed E-state index contributed by atoms with van der Waals surface area (Å²) >= 11 is 0. The van der Waals surface area contributed by atoms with Gasteiger partial charge in [0, 0.05) is 18.8 Å². The van der Waals surface area contributed by atoms with Crippen molar-refractivity contribution in [3.8, 4) is 11.5 Å². The standard InChI is InChI=1S/C23H25NO3/c1-26-22-6-5-7-23(27-2)21(22)15-14-20(25)13-10-18-8-11-19(12-9-18)24-16-3-4-17-24/h5-15H,3-4,16-17H2,1-2H3/b13-10+,15-14+. The summed E-state index contributed by atoms with van der Waals surface area (Å²) in [6.07, 6.45) is 9.18. The summed E-state index contributed by atoms with van der Waals surface area (Å²) < 4.78 is 10.7. The Labute approximate surface area is 160 Å². The van der Waals surface area contributed by atoms with Gasteiger partial charge in [-0.15, -0.1) is 0 Å². The minimum Gasteiger partial charge on any atom is -0.496 e. The van der Waals surface area contributed by atoms with Crippen molar-refractivity contribution in [2.75, 3.05) is 32.2 Å². The molecule has 1 saturated heterocycles. The van der Waals surface area contributed by atoms with Gasteiger partial charge in [0.25, 0.3) is 0 Å². The lowest BCUT2D eigenvalue weighted by atomic mass is 10.1. The van der Waals surface area contributed by atoms with Gasteiger partial charge in [0.1, 0.15) is 11.5 Å². The Bertz CT molecular complexity index is 809. The number of rotatable bonds is 7. The second kappa shape index (κ2) is 9.08. The minimum absolute atomic E-state index is 0.0911. The number of nitrogens with zero attached hydrogens (tertiary/aromatic N) is 1. The molecule has 27 heavy (non-hydrogen) atoms. The Morgan fingerprint density at radius 2 is 1.48 bits per heavy atom. The molecule has 4 heteroatoms.